The summed E-state index contributed by atoms with van der Waals surface area (Å²) in [5.41, 5.74) is 1.35. The van der Waals surface area contributed by atoms with Crippen molar-refractivity contribution in [1.82, 2.24) is 24.6 Å². The number of nitrogens with zero attached hydrogens (tertiary/aromatic N) is 5. The van der Waals surface area contributed by atoms with E-state index in [1.54, 1.807) is 23.1 Å². The van der Waals surface area contributed by atoms with E-state index in [0.29, 0.717) is 12.0 Å². The van der Waals surface area contributed by atoms with E-state index in [1.807, 2.05) is 4.90 Å². The summed E-state index contributed by atoms with van der Waals surface area (Å²) in [5.74, 6) is 0.471. The van der Waals surface area contributed by atoms with Crippen LogP contribution in [0.4, 0.5) is 10.7 Å². The minimum atomic E-state index is -0.112. The SMILES string of the molecule is C[C@H](c1ccsc1)N1CCN(C(=O)Nc2ncnn2C)CC1. The molecule has 0 radical (unpaired) electrons. The first kappa shape index (κ1) is 15.0. The smallest absolute Gasteiger partial charge is 0.322 e. The molecule has 0 unspecified atom stereocenters. The number of hydrogen-bond donors (Lipinski definition) is 1. The number of carbonyl (C=O) groups excluding carboxylic acids is 1. The minimum Gasteiger partial charge on any atom is -0.322 e. The molecule has 0 saturated carbocycles. The lowest BCUT2D eigenvalue weighted by Gasteiger charge is -2.37. The third kappa shape index (κ3) is 3.12. The Bertz CT molecular complexity index is 617. The first-order valence-corrected chi connectivity index (χ1v) is 8.25. The first-order chi connectivity index (χ1) is 10.6. The summed E-state index contributed by atoms with van der Waals surface area (Å²) >= 11 is 1.72. The van der Waals surface area contributed by atoms with Gasteiger partial charge in [0.2, 0.25) is 5.95 Å². The number of thiophene rings is 1. The highest BCUT2D eigenvalue weighted by molar-refractivity contribution is 7.07. The van der Waals surface area contributed by atoms with Gasteiger partial charge in [-0.15, -0.1) is 0 Å². The second-order valence-electron chi connectivity index (χ2n) is 5.39. The number of piperazine rings is 1. The van der Waals surface area contributed by atoms with Gasteiger partial charge in [-0.25, -0.2) is 9.48 Å². The standard InChI is InChI=1S/C14H20N6OS/c1-11(12-3-8-22-9-12)19-4-6-20(7-5-19)14(21)17-13-15-10-16-18(13)2/h3,8-11H,4-7H2,1-2H3,(H,15,16,17,21)/t11-/m1/s1. The number of hydrogen-bond acceptors (Lipinski definition) is 5. The maximum atomic E-state index is 12.2. The Morgan fingerprint density at radius 2 is 2.14 bits per heavy atom. The molecule has 0 bridgehead atoms. The zero-order valence-electron chi connectivity index (χ0n) is 12.8. The number of aromatic nitrogens is 3. The second-order valence-corrected chi connectivity index (χ2v) is 6.17. The number of aryl methyl sites for hydroxylation is 1. The molecule has 3 heterocycles. The van der Waals surface area contributed by atoms with Crippen LogP contribution in [0.3, 0.4) is 0 Å². The average molecular weight is 320 g/mol. The van der Waals surface area contributed by atoms with Crippen molar-refractivity contribution in [2.24, 2.45) is 7.05 Å². The first-order valence-electron chi connectivity index (χ1n) is 7.31. The van der Waals surface area contributed by atoms with Crippen molar-refractivity contribution in [2.45, 2.75) is 13.0 Å². The van der Waals surface area contributed by atoms with Crippen LogP contribution < -0.4 is 5.32 Å². The average Bonchev–Trinajstić information content (AvgIpc) is 3.19. The highest BCUT2D eigenvalue weighted by Crippen LogP contribution is 2.23. The normalized spacial score (nSPS) is 17.5. The van der Waals surface area contributed by atoms with E-state index in [-0.39, 0.29) is 6.03 Å². The van der Waals surface area contributed by atoms with E-state index in [9.17, 15) is 4.79 Å². The van der Waals surface area contributed by atoms with Crippen LogP contribution in [0, 0.1) is 0 Å². The molecule has 2 aromatic rings. The molecule has 2 aromatic heterocycles. The van der Waals surface area contributed by atoms with Crippen LogP contribution in [0.5, 0.6) is 0 Å². The summed E-state index contributed by atoms with van der Waals surface area (Å²) in [6.45, 7) is 5.42. The van der Waals surface area contributed by atoms with E-state index >= 15 is 0 Å². The molecular weight excluding hydrogens is 300 g/mol. The number of amides is 2. The van der Waals surface area contributed by atoms with Gasteiger partial charge in [-0.1, -0.05) is 0 Å². The van der Waals surface area contributed by atoms with Crippen molar-refractivity contribution >= 4 is 23.3 Å². The molecule has 8 heteroatoms. The van der Waals surface area contributed by atoms with E-state index < -0.39 is 0 Å². The van der Waals surface area contributed by atoms with Crippen molar-refractivity contribution in [2.75, 3.05) is 31.5 Å². The fourth-order valence-electron chi connectivity index (χ4n) is 2.62. The summed E-state index contributed by atoms with van der Waals surface area (Å²) < 4.78 is 1.55. The fraction of sp³-hybridized carbons (Fsp3) is 0.500. The number of nitrogens with one attached hydrogen (secondary N) is 1. The second kappa shape index (κ2) is 6.45. The molecule has 1 N–H and O–H groups in total. The molecule has 1 aliphatic heterocycles. The maximum Gasteiger partial charge on any atom is 0.324 e. The third-order valence-electron chi connectivity index (χ3n) is 4.10. The highest BCUT2D eigenvalue weighted by atomic mass is 32.1. The molecule has 1 fully saturated rings. The van der Waals surface area contributed by atoms with Gasteiger partial charge in [-0.05, 0) is 29.3 Å². The van der Waals surface area contributed by atoms with Gasteiger partial charge in [0.25, 0.3) is 0 Å². The van der Waals surface area contributed by atoms with E-state index in [0.717, 1.165) is 26.2 Å². The van der Waals surface area contributed by atoms with Crippen LogP contribution in [0.25, 0.3) is 0 Å². The van der Waals surface area contributed by atoms with Gasteiger partial charge in [-0.3, -0.25) is 10.2 Å². The Morgan fingerprint density at radius 1 is 1.36 bits per heavy atom. The van der Waals surface area contributed by atoms with Crippen molar-refractivity contribution in [1.29, 1.82) is 0 Å². The molecule has 118 valence electrons. The van der Waals surface area contributed by atoms with E-state index in [1.165, 1.54) is 11.9 Å². The number of rotatable bonds is 3. The van der Waals surface area contributed by atoms with Crippen LogP contribution >= 0.6 is 11.3 Å². The summed E-state index contributed by atoms with van der Waals surface area (Å²) in [6.07, 6.45) is 1.43. The monoisotopic (exact) mass is 320 g/mol. The van der Waals surface area contributed by atoms with Gasteiger partial charge in [0.15, 0.2) is 0 Å². The summed E-state index contributed by atoms with van der Waals surface area (Å²) in [7, 11) is 1.75. The third-order valence-corrected chi connectivity index (χ3v) is 4.81. The van der Waals surface area contributed by atoms with Gasteiger partial charge in [0, 0.05) is 39.3 Å². The zero-order chi connectivity index (χ0) is 15.5. The van der Waals surface area contributed by atoms with E-state index in [2.05, 4.69) is 44.0 Å². The van der Waals surface area contributed by atoms with Gasteiger partial charge in [-0.2, -0.15) is 21.4 Å². The molecule has 0 aliphatic carbocycles. The number of urea groups is 1. The fourth-order valence-corrected chi connectivity index (χ4v) is 3.37. The Balaban J connectivity index is 1.53. The predicted molar refractivity (Wildman–Crippen MR) is 85.9 cm³/mol. The molecule has 0 aromatic carbocycles. The van der Waals surface area contributed by atoms with Crippen molar-refractivity contribution in [3.8, 4) is 0 Å². The highest BCUT2D eigenvalue weighted by Gasteiger charge is 2.25. The Kier molecular flexibility index (Phi) is 4.39. The molecule has 1 saturated heterocycles. The van der Waals surface area contributed by atoms with Gasteiger partial charge in [0.1, 0.15) is 6.33 Å². The van der Waals surface area contributed by atoms with Crippen LogP contribution in [0.2, 0.25) is 0 Å². The van der Waals surface area contributed by atoms with Crippen LogP contribution in [0.15, 0.2) is 23.2 Å². The largest absolute Gasteiger partial charge is 0.324 e. The summed E-state index contributed by atoms with van der Waals surface area (Å²) in [5, 5.41) is 11.0. The van der Waals surface area contributed by atoms with Gasteiger partial charge >= 0.3 is 6.03 Å². The lowest BCUT2D eigenvalue weighted by Crippen LogP contribution is -2.50. The molecule has 0 spiro atoms. The molecule has 1 aliphatic rings. The quantitative estimate of drug-likeness (QED) is 0.936. The van der Waals surface area contributed by atoms with Crippen LogP contribution in [-0.2, 0) is 7.05 Å². The summed E-state index contributed by atoms with van der Waals surface area (Å²) in [4.78, 5) is 20.5. The van der Waals surface area contributed by atoms with Crippen molar-refractivity contribution in [3.05, 3.63) is 28.7 Å². The minimum absolute atomic E-state index is 0.112. The zero-order valence-corrected chi connectivity index (χ0v) is 13.6. The van der Waals surface area contributed by atoms with Crippen molar-refractivity contribution < 1.29 is 4.79 Å². The maximum absolute atomic E-state index is 12.2. The van der Waals surface area contributed by atoms with E-state index in [4.69, 9.17) is 0 Å². The molecule has 7 nitrogen and oxygen atoms in total. The molecular formula is C14H20N6OS. The van der Waals surface area contributed by atoms with Crippen molar-refractivity contribution in [3.63, 3.8) is 0 Å². The number of carbonyl (C=O) groups is 1. The lowest BCUT2D eigenvalue weighted by atomic mass is 10.1. The topological polar surface area (TPSA) is 66.3 Å². The number of anilines is 1. The molecule has 3 rings (SSSR count). The lowest BCUT2D eigenvalue weighted by molar-refractivity contribution is 0.119. The van der Waals surface area contributed by atoms with Gasteiger partial charge in [0.05, 0.1) is 0 Å². The predicted octanol–water partition coefficient (Wildman–Crippen LogP) is 1.79. The Hall–Kier alpha value is -1.93. The van der Waals surface area contributed by atoms with Crippen LogP contribution in [-0.4, -0.2) is 56.8 Å². The molecule has 2 amide bonds. The Morgan fingerprint density at radius 3 is 2.73 bits per heavy atom. The molecule has 22 heavy (non-hydrogen) atoms. The summed E-state index contributed by atoms with van der Waals surface area (Å²) in [6, 6.07) is 2.46. The Labute approximate surface area is 133 Å². The van der Waals surface area contributed by atoms with Gasteiger partial charge < -0.3 is 4.90 Å². The molecule has 1 atom stereocenters. The van der Waals surface area contributed by atoms with Crippen LogP contribution in [0.1, 0.15) is 18.5 Å².